The molecule has 0 atom stereocenters. The third-order valence-corrected chi connectivity index (χ3v) is 8.67. The van der Waals surface area contributed by atoms with Crippen LogP contribution >= 0.6 is 0 Å². The van der Waals surface area contributed by atoms with E-state index in [4.69, 9.17) is 4.74 Å². The number of benzene rings is 2. The minimum Gasteiger partial charge on any atom is -0.495 e. The number of carbonyl (C=O) groups excluding carboxylic acids is 1. The van der Waals surface area contributed by atoms with Crippen LogP contribution in [0, 0.1) is 12.8 Å². The first kappa shape index (κ1) is 25.2. The quantitative estimate of drug-likeness (QED) is 0.538. The van der Waals surface area contributed by atoms with E-state index in [1.165, 1.54) is 28.6 Å². The fraction of sp³-hybridized carbons (Fsp3) is 0.500. The predicted molar refractivity (Wildman–Crippen MR) is 131 cm³/mol. The maximum atomic E-state index is 13.2. The summed E-state index contributed by atoms with van der Waals surface area (Å²) < 4.78 is 32.9. The number of methoxy groups -OCH3 is 1. The highest BCUT2D eigenvalue weighted by atomic mass is 32.2. The number of sulfonamides is 1. The zero-order chi connectivity index (χ0) is 24.0. The Balaban J connectivity index is 1.66. The summed E-state index contributed by atoms with van der Waals surface area (Å²) in [6.07, 6.45) is 4.13. The van der Waals surface area contributed by atoms with Gasteiger partial charge in [0.05, 0.1) is 7.11 Å². The van der Waals surface area contributed by atoms with Gasteiger partial charge in [-0.15, -0.1) is 0 Å². The third-order valence-electron chi connectivity index (χ3n) is 6.60. The maximum absolute atomic E-state index is 13.2. The summed E-state index contributed by atoms with van der Waals surface area (Å²) in [7, 11) is -2.29. The van der Waals surface area contributed by atoms with Crippen molar-refractivity contribution in [1.82, 2.24) is 9.21 Å². The second kappa shape index (κ2) is 11.2. The fourth-order valence-corrected chi connectivity index (χ4v) is 6.09. The van der Waals surface area contributed by atoms with Gasteiger partial charge in [-0.05, 0) is 62.3 Å². The second-order valence-electron chi connectivity index (χ2n) is 8.71. The lowest BCUT2D eigenvalue weighted by atomic mass is 9.90. The molecule has 0 bridgehead atoms. The monoisotopic (exact) mass is 472 g/mol. The maximum Gasteiger partial charge on any atom is 0.253 e. The highest BCUT2D eigenvalue weighted by molar-refractivity contribution is 7.89. The topological polar surface area (TPSA) is 66.9 Å². The Morgan fingerprint density at radius 2 is 1.70 bits per heavy atom. The Morgan fingerprint density at radius 1 is 1.06 bits per heavy atom. The zero-order valence-corrected chi connectivity index (χ0v) is 21.0. The molecule has 1 amide bonds. The third kappa shape index (κ3) is 5.95. The van der Waals surface area contributed by atoms with Crippen molar-refractivity contribution in [2.24, 2.45) is 5.92 Å². The molecule has 1 fully saturated rings. The van der Waals surface area contributed by atoms with Gasteiger partial charge in [-0.2, -0.15) is 4.31 Å². The van der Waals surface area contributed by atoms with Crippen LogP contribution in [-0.2, 0) is 16.4 Å². The molecular formula is C26H36N2O4S. The molecule has 1 aliphatic rings. The van der Waals surface area contributed by atoms with Gasteiger partial charge >= 0.3 is 0 Å². The Hall–Kier alpha value is -2.38. The predicted octanol–water partition coefficient (Wildman–Crippen LogP) is 4.52. The van der Waals surface area contributed by atoms with Crippen molar-refractivity contribution in [2.75, 3.05) is 33.3 Å². The summed E-state index contributed by atoms with van der Waals surface area (Å²) in [5, 5.41) is 0. The van der Waals surface area contributed by atoms with E-state index in [-0.39, 0.29) is 16.6 Å². The van der Waals surface area contributed by atoms with Gasteiger partial charge in [0.1, 0.15) is 10.6 Å². The van der Waals surface area contributed by atoms with E-state index in [1.54, 1.807) is 26.0 Å². The molecule has 0 N–H and O–H groups in total. The van der Waals surface area contributed by atoms with Crippen molar-refractivity contribution in [3.63, 3.8) is 0 Å². The highest BCUT2D eigenvalue weighted by Crippen LogP contribution is 2.29. The molecule has 2 aromatic rings. The minimum absolute atomic E-state index is 0.0486. The average Bonchev–Trinajstić information content (AvgIpc) is 2.83. The number of hydrogen-bond acceptors (Lipinski definition) is 4. The van der Waals surface area contributed by atoms with Gasteiger partial charge in [-0.1, -0.05) is 43.7 Å². The number of piperidine rings is 1. The molecule has 2 aromatic carbocycles. The van der Waals surface area contributed by atoms with Crippen LogP contribution in [0.25, 0.3) is 0 Å². The van der Waals surface area contributed by atoms with Crippen molar-refractivity contribution in [3.05, 3.63) is 59.2 Å². The number of hydrogen-bond donors (Lipinski definition) is 0. The van der Waals surface area contributed by atoms with E-state index < -0.39 is 10.0 Å². The molecule has 1 aliphatic heterocycles. The molecule has 7 heteroatoms. The van der Waals surface area contributed by atoms with E-state index in [0.717, 1.165) is 25.7 Å². The van der Waals surface area contributed by atoms with E-state index in [2.05, 4.69) is 31.2 Å². The molecule has 0 spiro atoms. The average molecular weight is 473 g/mol. The first-order valence-corrected chi connectivity index (χ1v) is 13.3. The molecule has 3 rings (SSSR count). The van der Waals surface area contributed by atoms with Gasteiger partial charge in [-0.25, -0.2) is 8.42 Å². The molecular weight excluding hydrogens is 436 g/mol. The van der Waals surface area contributed by atoms with Crippen LogP contribution in [0.3, 0.4) is 0 Å². The number of aryl methyl sites for hydroxylation is 2. The van der Waals surface area contributed by atoms with Crippen molar-refractivity contribution >= 4 is 15.9 Å². The van der Waals surface area contributed by atoms with Gasteiger partial charge in [0.2, 0.25) is 10.0 Å². The van der Waals surface area contributed by atoms with Crippen LogP contribution in [0.5, 0.6) is 5.75 Å². The Kier molecular flexibility index (Phi) is 8.54. The number of likely N-dealkylation sites (tertiary alicyclic amines) is 1. The highest BCUT2D eigenvalue weighted by Gasteiger charge is 2.29. The molecule has 33 heavy (non-hydrogen) atoms. The molecule has 0 aromatic heterocycles. The Bertz CT molecular complexity index is 1040. The summed E-state index contributed by atoms with van der Waals surface area (Å²) in [6.45, 7) is 7.80. The molecule has 180 valence electrons. The smallest absolute Gasteiger partial charge is 0.253 e. The number of ether oxygens (including phenoxy) is 1. The van der Waals surface area contributed by atoms with E-state index >= 15 is 0 Å². The van der Waals surface area contributed by atoms with E-state index in [9.17, 15) is 13.2 Å². The molecule has 0 saturated carbocycles. The standard InChI is InChI=1S/C26H36N2O4S/c1-5-28(6-2)33(30,31)25-19-23(13-14-24(25)32-4)26(29)27-17-15-22(16-18-27)12-11-21-9-7-20(3)8-10-21/h7-10,13-14,19,22H,5-6,11-12,15-18H2,1-4H3. The summed E-state index contributed by atoms with van der Waals surface area (Å²) >= 11 is 0. The molecule has 0 radical (unpaired) electrons. The van der Waals surface area contributed by atoms with Gasteiger partial charge < -0.3 is 9.64 Å². The summed E-state index contributed by atoms with van der Waals surface area (Å²) in [4.78, 5) is 15.1. The minimum atomic E-state index is -3.74. The zero-order valence-electron chi connectivity index (χ0n) is 20.2. The van der Waals surface area contributed by atoms with Gasteiger partial charge in [0.15, 0.2) is 0 Å². The molecule has 1 heterocycles. The largest absolute Gasteiger partial charge is 0.495 e. The Labute approximate surface area is 198 Å². The van der Waals surface area contributed by atoms with Crippen LogP contribution in [-0.4, -0.2) is 56.8 Å². The number of amides is 1. The van der Waals surface area contributed by atoms with Crippen LogP contribution in [0.2, 0.25) is 0 Å². The van der Waals surface area contributed by atoms with Crippen molar-refractivity contribution < 1.29 is 17.9 Å². The normalized spacial score (nSPS) is 15.1. The van der Waals surface area contributed by atoms with Crippen LogP contribution in [0.15, 0.2) is 47.4 Å². The van der Waals surface area contributed by atoms with Crippen LogP contribution in [0.4, 0.5) is 0 Å². The first-order valence-electron chi connectivity index (χ1n) is 11.8. The fourth-order valence-electron chi connectivity index (χ4n) is 4.45. The summed E-state index contributed by atoms with van der Waals surface area (Å²) in [5.74, 6) is 0.740. The lowest BCUT2D eigenvalue weighted by molar-refractivity contribution is 0.0686. The number of carbonyl (C=O) groups is 1. The second-order valence-corrected chi connectivity index (χ2v) is 10.6. The number of nitrogens with zero attached hydrogens (tertiary/aromatic N) is 2. The Morgan fingerprint density at radius 3 is 2.27 bits per heavy atom. The van der Waals surface area contributed by atoms with Gasteiger partial charge in [-0.3, -0.25) is 4.79 Å². The number of rotatable bonds is 9. The van der Waals surface area contributed by atoms with Crippen molar-refractivity contribution in [2.45, 2.75) is 51.3 Å². The van der Waals surface area contributed by atoms with E-state index in [0.29, 0.717) is 37.7 Å². The molecule has 6 nitrogen and oxygen atoms in total. The van der Waals surface area contributed by atoms with Crippen LogP contribution in [0.1, 0.15) is 54.6 Å². The first-order chi connectivity index (χ1) is 15.8. The van der Waals surface area contributed by atoms with Gasteiger partial charge in [0, 0.05) is 31.7 Å². The van der Waals surface area contributed by atoms with E-state index in [1.807, 2.05) is 4.90 Å². The molecule has 0 unspecified atom stereocenters. The lowest BCUT2D eigenvalue weighted by Crippen LogP contribution is -2.38. The molecule has 1 saturated heterocycles. The summed E-state index contributed by atoms with van der Waals surface area (Å²) in [5.41, 5.74) is 3.02. The van der Waals surface area contributed by atoms with Crippen LogP contribution < -0.4 is 4.74 Å². The van der Waals surface area contributed by atoms with Gasteiger partial charge in [0.25, 0.3) is 5.91 Å². The SMILES string of the molecule is CCN(CC)S(=O)(=O)c1cc(C(=O)N2CCC(CCc3ccc(C)cc3)CC2)ccc1OC. The lowest BCUT2D eigenvalue weighted by Gasteiger charge is -2.32. The molecule has 0 aliphatic carbocycles. The van der Waals surface area contributed by atoms with Crippen molar-refractivity contribution in [1.29, 1.82) is 0 Å². The van der Waals surface area contributed by atoms with Crippen molar-refractivity contribution in [3.8, 4) is 5.75 Å². The summed E-state index contributed by atoms with van der Waals surface area (Å²) in [6, 6.07) is 13.4.